The number of rotatable bonds is 7. The van der Waals surface area contributed by atoms with Crippen LogP contribution in [-0.4, -0.2) is 27.3 Å². The summed E-state index contributed by atoms with van der Waals surface area (Å²) >= 11 is 9.10. The van der Waals surface area contributed by atoms with Crippen LogP contribution in [0, 0.1) is 0 Å². The smallest absolute Gasteiger partial charge is 0.232 e. The molecule has 18 heavy (non-hydrogen) atoms. The molecule has 0 aliphatic rings. The molecule has 1 aromatic carbocycles. The standard InChI is InChI=1S/C11H16BrClN2O2S/c1-2-14-6-3-7-18(16,17)15-11-8-9(13)4-5-10(11)12/h4-5,8,14-15H,2-3,6-7H2,1H3. The molecule has 0 heterocycles. The van der Waals surface area contributed by atoms with Gasteiger partial charge in [-0.15, -0.1) is 0 Å². The number of benzene rings is 1. The van der Waals surface area contributed by atoms with Crippen molar-refractivity contribution in [2.75, 3.05) is 23.6 Å². The minimum atomic E-state index is -3.33. The van der Waals surface area contributed by atoms with Gasteiger partial charge in [0.15, 0.2) is 0 Å². The van der Waals surface area contributed by atoms with Gasteiger partial charge in [-0.25, -0.2) is 8.42 Å². The summed E-state index contributed by atoms with van der Waals surface area (Å²) in [7, 11) is -3.33. The van der Waals surface area contributed by atoms with Crippen LogP contribution in [0.1, 0.15) is 13.3 Å². The van der Waals surface area contributed by atoms with Crippen LogP contribution >= 0.6 is 27.5 Å². The average Bonchev–Trinajstić information content (AvgIpc) is 2.29. The zero-order chi connectivity index (χ0) is 13.6. The van der Waals surface area contributed by atoms with Gasteiger partial charge in [-0.2, -0.15) is 0 Å². The molecule has 102 valence electrons. The van der Waals surface area contributed by atoms with E-state index in [0.29, 0.717) is 28.1 Å². The number of sulfonamides is 1. The molecule has 0 atom stereocenters. The third kappa shape index (κ3) is 5.56. The summed E-state index contributed by atoms with van der Waals surface area (Å²) in [4.78, 5) is 0. The van der Waals surface area contributed by atoms with Crippen molar-refractivity contribution in [2.45, 2.75) is 13.3 Å². The van der Waals surface area contributed by atoms with Crippen molar-refractivity contribution in [1.29, 1.82) is 0 Å². The summed E-state index contributed by atoms with van der Waals surface area (Å²) in [5, 5.41) is 3.57. The molecule has 0 bridgehead atoms. The van der Waals surface area contributed by atoms with Crippen molar-refractivity contribution in [1.82, 2.24) is 5.32 Å². The number of hydrogen-bond acceptors (Lipinski definition) is 3. The van der Waals surface area contributed by atoms with Crippen LogP contribution in [0.2, 0.25) is 5.02 Å². The lowest BCUT2D eigenvalue weighted by molar-refractivity contribution is 0.595. The van der Waals surface area contributed by atoms with E-state index in [0.717, 1.165) is 6.54 Å². The van der Waals surface area contributed by atoms with Crippen molar-refractivity contribution in [2.24, 2.45) is 0 Å². The molecule has 0 saturated carbocycles. The fourth-order valence-electron chi connectivity index (χ4n) is 1.36. The second kappa shape index (κ2) is 7.33. The number of hydrogen-bond donors (Lipinski definition) is 2. The van der Waals surface area contributed by atoms with E-state index < -0.39 is 10.0 Å². The highest BCUT2D eigenvalue weighted by molar-refractivity contribution is 9.10. The molecule has 0 unspecified atom stereocenters. The predicted octanol–water partition coefficient (Wildman–Crippen LogP) is 2.84. The van der Waals surface area contributed by atoms with Gasteiger partial charge < -0.3 is 5.32 Å². The van der Waals surface area contributed by atoms with Crippen LogP contribution in [0.15, 0.2) is 22.7 Å². The number of halogens is 2. The molecule has 1 rings (SSSR count). The Labute approximate surface area is 121 Å². The second-order valence-electron chi connectivity index (χ2n) is 3.75. The Bertz CT molecular complexity index is 494. The molecule has 0 saturated heterocycles. The molecule has 0 radical (unpaired) electrons. The first kappa shape index (κ1) is 15.8. The molecule has 1 aromatic rings. The fraction of sp³-hybridized carbons (Fsp3) is 0.455. The lowest BCUT2D eigenvalue weighted by Gasteiger charge is -2.10. The monoisotopic (exact) mass is 354 g/mol. The highest BCUT2D eigenvalue weighted by atomic mass is 79.9. The molecule has 2 N–H and O–H groups in total. The SMILES string of the molecule is CCNCCCS(=O)(=O)Nc1cc(Cl)ccc1Br. The number of nitrogens with one attached hydrogen (secondary N) is 2. The lowest BCUT2D eigenvalue weighted by Crippen LogP contribution is -2.22. The number of anilines is 1. The largest absolute Gasteiger partial charge is 0.317 e. The van der Waals surface area contributed by atoms with Crippen LogP contribution in [0.3, 0.4) is 0 Å². The van der Waals surface area contributed by atoms with Gasteiger partial charge in [-0.1, -0.05) is 18.5 Å². The van der Waals surface area contributed by atoms with Gasteiger partial charge in [0.2, 0.25) is 10.0 Å². The van der Waals surface area contributed by atoms with E-state index >= 15 is 0 Å². The van der Waals surface area contributed by atoms with Crippen molar-refractivity contribution in [3.05, 3.63) is 27.7 Å². The van der Waals surface area contributed by atoms with Crippen molar-refractivity contribution < 1.29 is 8.42 Å². The zero-order valence-electron chi connectivity index (χ0n) is 10.0. The topological polar surface area (TPSA) is 58.2 Å². The highest BCUT2D eigenvalue weighted by Crippen LogP contribution is 2.26. The van der Waals surface area contributed by atoms with Gasteiger partial charge in [0, 0.05) is 9.50 Å². The molecule has 4 nitrogen and oxygen atoms in total. The summed E-state index contributed by atoms with van der Waals surface area (Å²) in [6, 6.07) is 4.97. The minimum absolute atomic E-state index is 0.0823. The van der Waals surface area contributed by atoms with Crippen LogP contribution in [-0.2, 0) is 10.0 Å². The maximum absolute atomic E-state index is 11.8. The van der Waals surface area contributed by atoms with Crippen molar-refractivity contribution >= 4 is 43.2 Å². The fourth-order valence-corrected chi connectivity index (χ4v) is 3.14. The highest BCUT2D eigenvalue weighted by Gasteiger charge is 2.12. The summed E-state index contributed by atoms with van der Waals surface area (Å²) < 4.78 is 26.8. The van der Waals surface area contributed by atoms with Gasteiger partial charge in [-0.3, -0.25) is 4.72 Å². The summed E-state index contributed by atoms with van der Waals surface area (Å²) in [6.07, 6.45) is 0.571. The Hall–Kier alpha value is -0.300. The van der Waals surface area contributed by atoms with E-state index in [2.05, 4.69) is 26.0 Å². The lowest BCUT2D eigenvalue weighted by atomic mass is 10.3. The average molecular weight is 356 g/mol. The Kier molecular flexibility index (Phi) is 6.42. The van der Waals surface area contributed by atoms with Crippen LogP contribution in [0.4, 0.5) is 5.69 Å². The second-order valence-corrected chi connectivity index (χ2v) is 6.88. The van der Waals surface area contributed by atoms with Gasteiger partial charge in [-0.05, 0) is 53.6 Å². The molecule has 0 amide bonds. The van der Waals surface area contributed by atoms with Gasteiger partial charge in [0.25, 0.3) is 0 Å². The normalized spacial score (nSPS) is 11.5. The molecular weight excluding hydrogens is 340 g/mol. The Morgan fingerprint density at radius 3 is 2.78 bits per heavy atom. The Balaban J connectivity index is 2.62. The summed E-state index contributed by atoms with van der Waals surface area (Å²) in [6.45, 7) is 3.51. The van der Waals surface area contributed by atoms with Crippen LogP contribution < -0.4 is 10.0 Å². The Morgan fingerprint density at radius 1 is 1.39 bits per heavy atom. The maximum Gasteiger partial charge on any atom is 0.232 e. The molecule has 0 aromatic heterocycles. The van der Waals surface area contributed by atoms with E-state index in [1.807, 2.05) is 6.92 Å². The van der Waals surface area contributed by atoms with E-state index in [1.165, 1.54) is 0 Å². The first-order chi connectivity index (χ1) is 8.44. The van der Waals surface area contributed by atoms with Crippen molar-refractivity contribution in [3.8, 4) is 0 Å². The zero-order valence-corrected chi connectivity index (χ0v) is 13.2. The predicted molar refractivity (Wildman–Crippen MR) is 79.7 cm³/mol. The maximum atomic E-state index is 11.8. The third-order valence-corrected chi connectivity index (χ3v) is 4.49. The van der Waals surface area contributed by atoms with Gasteiger partial charge in [0.05, 0.1) is 11.4 Å². The minimum Gasteiger partial charge on any atom is -0.317 e. The van der Waals surface area contributed by atoms with E-state index in [1.54, 1.807) is 18.2 Å². The van der Waals surface area contributed by atoms with E-state index in [9.17, 15) is 8.42 Å². The first-order valence-corrected chi connectivity index (χ1v) is 8.43. The van der Waals surface area contributed by atoms with E-state index in [-0.39, 0.29) is 5.75 Å². The molecule has 7 heteroatoms. The van der Waals surface area contributed by atoms with Crippen LogP contribution in [0.25, 0.3) is 0 Å². The Morgan fingerprint density at radius 2 is 2.11 bits per heavy atom. The third-order valence-electron chi connectivity index (χ3n) is 2.21. The first-order valence-electron chi connectivity index (χ1n) is 5.61. The van der Waals surface area contributed by atoms with Crippen molar-refractivity contribution in [3.63, 3.8) is 0 Å². The van der Waals surface area contributed by atoms with Gasteiger partial charge in [0.1, 0.15) is 0 Å². The molecule has 0 aliphatic carbocycles. The molecule has 0 fully saturated rings. The molecular formula is C11H16BrClN2O2S. The summed E-state index contributed by atoms with van der Waals surface area (Å²) in [5.74, 6) is 0.0823. The van der Waals surface area contributed by atoms with Crippen LogP contribution in [0.5, 0.6) is 0 Å². The molecule has 0 aliphatic heterocycles. The van der Waals surface area contributed by atoms with Gasteiger partial charge >= 0.3 is 0 Å². The quantitative estimate of drug-likeness (QED) is 0.739. The van der Waals surface area contributed by atoms with E-state index in [4.69, 9.17) is 11.6 Å². The molecule has 0 spiro atoms. The summed E-state index contributed by atoms with van der Waals surface area (Å²) in [5.41, 5.74) is 0.464.